The third-order valence-electron chi connectivity index (χ3n) is 4.85. The highest BCUT2D eigenvalue weighted by atomic mass is 16.3. The van der Waals surface area contributed by atoms with Crippen LogP contribution in [0.3, 0.4) is 0 Å². The minimum absolute atomic E-state index is 0.159. The van der Waals surface area contributed by atoms with E-state index in [1.807, 2.05) is 0 Å². The van der Waals surface area contributed by atoms with Crippen LogP contribution in [0.15, 0.2) is 18.2 Å². The lowest BCUT2D eigenvalue weighted by atomic mass is 9.95. The highest BCUT2D eigenvalue weighted by molar-refractivity contribution is 5.36. The van der Waals surface area contributed by atoms with Crippen LogP contribution in [0.25, 0.3) is 0 Å². The zero-order valence-corrected chi connectivity index (χ0v) is 15.9. The van der Waals surface area contributed by atoms with Gasteiger partial charge in [-0.15, -0.1) is 0 Å². The van der Waals surface area contributed by atoms with Gasteiger partial charge in [-0.2, -0.15) is 0 Å². The van der Waals surface area contributed by atoms with E-state index in [1.165, 1.54) is 83.1 Å². The molecular weight excluding hydrogens is 296 g/mol. The van der Waals surface area contributed by atoms with Crippen molar-refractivity contribution in [3.8, 4) is 11.5 Å². The number of hydrogen-bond acceptors (Lipinski definition) is 2. The Balaban J connectivity index is 1.97. The van der Waals surface area contributed by atoms with Crippen LogP contribution in [-0.2, 0) is 6.42 Å². The molecule has 0 aliphatic carbocycles. The molecule has 0 bridgehead atoms. The lowest BCUT2D eigenvalue weighted by molar-refractivity contribution is 0.444. The molecule has 2 nitrogen and oxygen atoms in total. The summed E-state index contributed by atoms with van der Waals surface area (Å²) in [5, 5.41) is 19.0. The van der Waals surface area contributed by atoms with Gasteiger partial charge in [-0.25, -0.2) is 0 Å². The molecule has 1 rings (SSSR count). The molecule has 0 fully saturated rings. The average Bonchev–Trinajstić information content (AvgIpc) is 2.51. The van der Waals surface area contributed by atoms with Crippen LogP contribution in [0, 0.1) is 5.92 Å². The van der Waals surface area contributed by atoms with Gasteiger partial charge >= 0.3 is 0 Å². The van der Waals surface area contributed by atoms with E-state index in [4.69, 9.17) is 0 Å². The fourth-order valence-electron chi connectivity index (χ4n) is 3.44. The molecule has 2 N–H and O–H groups in total. The molecule has 0 aromatic heterocycles. The van der Waals surface area contributed by atoms with Crippen LogP contribution in [0.1, 0.15) is 96.5 Å². The summed E-state index contributed by atoms with van der Waals surface area (Å²) in [5.74, 6) is 0.920. The molecule has 0 saturated heterocycles. The number of unbranched alkanes of at least 4 members (excludes halogenated alkanes) is 10. The molecule has 0 heterocycles. The van der Waals surface area contributed by atoms with Crippen LogP contribution >= 0.6 is 0 Å². The Morgan fingerprint density at radius 3 is 1.67 bits per heavy atom. The predicted octanol–water partition coefficient (Wildman–Crippen LogP) is 6.98. The van der Waals surface area contributed by atoms with Gasteiger partial charge in [0, 0.05) is 6.07 Å². The number of aromatic hydroxyl groups is 2. The number of hydrogen-bond donors (Lipinski definition) is 2. The maximum absolute atomic E-state index is 9.52. The number of benzene rings is 1. The summed E-state index contributed by atoms with van der Waals surface area (Å²) >= 11 is 0. The second-order valence-corrected chi connectivity index (χ2v) is 7.49. The third kappa shape index (κ3) is 10.6. The van der Waals surface area contributed by atoms with Gasteiger partial charge in [0.05, 0.1) is 0 Å². The smallest absolute Gasteiger partial charge is 0.119 e. The lowest BCUT2D eigenvalue weighted by Gasteiger charge is -2.12. The summed E-state index contributed by atoms with van der Waals surface area (Å²) in [6.07, 6.45) is 17.4. The van der Waals surface area contributed by atoms with Gasteiger partial charge in [0.1, 0.15) is 11.5 Å². The quantitative estimate of drug-likeness (QED) is 0.360. The van der Waals surface area contributed by atoms with Crippen LogP contribution in [0.4, 0.5) is 0 Å². The Kier molecular flexibility index (Phi) is 11.4. The minimum atomic E-state index is 0.159. The molecule has 1 aromatic carbocycles. The monoisotopic (exact) mass is 334 g/mol. The van der Waals surface area contributed by atoms with Gasteiger partial charge in [0.15, 0.2) is 0 Å². The van der Waals surface area contributed by atoms with Crippen molar-refractivity contribution in [3.63, 3.8) is 0 Å². The summed E-state index contributed by atoms with van der Waals surface area (Å²) in [6, 6.07) is 4.91. The van der Waals surface area contributed by atoms with E-state index >= 15 is 0 Å². The minimum Gasteiger partial charge on any atom is -0.508 e. The second-order valence-electron chi connectivity index (χ2n) is 7.49. The van der Waals surface area contributed by atoms with Gasteiger partial charge in [-0.05, 0) is 30.0 Å². The Morgan fingerprint density at radius 1 is 0.708 bits per heavy atom. The molecule has 2 heteroatoms. The largest absolute Gasteiger partial charge is 0.508 e. The summed E-state index contributed by atoms with van der Waals surface area (Å²) in [6.45, 7) is 4.53. The highest BCUT2D eigenvalue weighted by Crippen LogP contribution is 2.24. The van der Waals surface area contributed by atoms with E-state index in [2.05, 4.69) is 13.8 Å². The van der Waals surface area contributed by atoms with Crippen molar-refractivity contribution in [3.05, 3.63) is 23.8 Å². The molecule has 0 spiro atoms. The van der Waals surface area contributed by atoms with Crippen molar-refractivity contribution in [1.82, 2.24) is 0 Å². The van der Waals surface area contributed by atoms with E-state index < -0.39 is 0 Å². The topological polar surface area (TPSA) is 40.5 Å². The molecule has 0 saturated carbocycles. The van der Waals surface area contributed by atoms with Crippen molar-refractivity contribution in [1.29, 1.82) is 0 Å². The van der Waals surface area contributed by atoms with Crippen molar-refractivity contribution >= 4 is 0 Å². The Bertz CT molecular complexity index is 408. The summed E-state index contributed by atoms with van der Waals surface area (Å²) in [5.41, 5.74) is 1.03. The maximum atomic E-state index is 9.52. The van der Waals surface area contributed by atoms with Crippen molar-refractivity contribution in [2.75, 3.05) is 0 Å². The first-order chi connectivity index (χ1) is 11.6. The third-order valence-corrected chi connectivity index (χ3v) is 4.85. The zero-order chi connectivity index (χ0) is 17.6. The van der Waals surface area contributed by atoms with E-state index in [0.717, 1.165) is 12.0 Å². The van der Waals surface area contributed by atoms with Crippen molar-refractivity contribution in [2.24, 2.45) is 5.92 Å². The molecule has 0 aliphatic heterocycles. The van der Waals surface area contributed by atoms with Gasteiger partial charge in [0.2, 0.25) is 0 Å². The highest BCUT2D eigenvalue weighted by Gasteiger charge is 2.06. The fourth-order valence-corrected chi connectivity index (χ4v) is 3.44. The van der Waals surface area contributed by atoms with E-state index in [-0.39, 0.29) is 11.5 Å². The van der Waals surface area contributed by atoms with E-state index in [9.17, 15) is 10.2 Å². The normalized spacial score (nSPS) is 12.4. The Labute approximate surface area is 149 Å². The van der Waals surface area contributed by atoms with Gasteiger partial charge in [-0.3, -0.25) is 0 Å². The second kappa shape index (κ2) is 13.1. The average molecular weight is 335 g/mol. The fraction of sp³-hybridized carbons (Fsp3) is 0.727. The predicted molar refractivity (Wildman–Crippen MR) is 104 cm³/mol. The molecular formula is C22H38O2. The first kappa shape index (κ1) is 20.9. The van der Waals surface area contributed by atoms with Crippen LogP contribution in [-0.4, -0.2) is 10.2 Å². The van der Waals surface area contributed by atoms with E-state index in [1.54, 1.807) is 12.1 Å². The maximum Gasteiger partial charge on any atom is 0.119 e. The molecule has 0 aliphatic rings. The lowest BCUT2D eigenvalue weighted by Crippen LogP contribution is -1.99. The van der Waals surface area contributed by atoms with E-state index in [0.29, 0.717) is 5.92 Å². The van der Waals surface area contributed by atoms with Crippen LogP contribution in [0.2, 0.25) is 0 Å². The van der Waals surface area contributed by atoms with Gasteiger partial charge < -0.3 is 10.2 Å². The molecule has 1 unspecified atom stereocenters. The Hall–Kier alpha value is -1.18. The first-order valence-corrected chi connectivity index (χ1v) is 10.1. The number of phenolic OH excluding ortho intramolecular Hbond substituents is 2. The first-order valence-electron chi connectivity index (χ1n) is 10.1. The van der Waals surface area contributed by atoms with Crippen LogP contribution < -0.4 is 0 Å². The molecule has 1 aromatic rings. The molecule has 0 radical (unpaired) electrons. The van der Waals surface area contributed by atoms with Crippen LogP contribution in [0.5, 0.6) is 11.5 Å². The Morgan fingerprint density at radius 2 is 1.17 bits per heavy atom. The SMILES string of the molecule is CCCCCCCCCCCCCC(C)Cc1cc(O)cc(O)c1. The summed E-state index contributed by atoms with van der Waals surface area (Å²) in [4.78, 5) is 0. The van der Waals surface area contributed by atoms with Gasteiger partial charge in [0.25, 0.3) is 0 Å². The molecule has 138 valence electrons. The standard InChI is InChI=1S/C22H38O2/c1-3-4-5-6-7-8-9-10-11-12-13-14-19(2)15-20-16-21(23)18-22(24)17-20/h16-19,23-24H,3-15H2,1-2H3. The number of phenols is 2. The zero-order valence-electron chi connectivity index (χ0n) is 15.9. The summed E-state index contributed by atoms with van der Waals surface area (Å²) < 4.78 is 0. The molecule has 1 atom stereocenters. The van der Waals surface area contributed by atoms with Gasteiger partial charge in [-0.1, -0.05) is 90.9 Å². The molecule has 0 amide bonds. The molecule has 24 heavy (non-hydrogen) atoms. The summed E-state index contributed by atoms with van der Waals surface area (Å²) in [7, 11) is 0. The number of rotatable bonds is 14. The van der Waals surface area contributed by atoms with Crippen molar-refractivity contribution in [2.45, 2.75) is 97.3 Å². The van der Waals surface area contributed by atoms with Crippen molar-refractivity contribution < 1.29 is 10.2 Å².